The van der Waals surface area contributed by atoms with Crippen molar-refractivity contribution in [3.63, 3.8) is 0 Å². The van der Waals surface area contributed by atoms with Gasteiger partial charge in [0.05, 0.1) is 33.0 Å². The van der Waals surface area contributed by atoms with Crippen LogP contribution < -0.4 is 16.4 Å². The Bertz CT molecular complexity index is 1590. The maximum atomic E-state index is 13.7. The summed E-state index contributed by atoms with van der Waals surface area (Å²) in [6.07, 6.45) is 14.3. The molecule has 8 nitrogen and oxygen atoms in total. The summed E-state index contributed by atoms with van der Waals surface area (Å²) in [5.74, 6) is 1.09. The number of sulfone groups is 1. The number of nitrogens with two attached hydrogens (primary N) is 1. The van der Waals surface area contributed by atoms with Gasteiger partial charge in [-0.2, -0.15) is 0 Å². The van der Waals surface area contributed by atoms with Gasteiger partial charge in [-0.1, -0.05) is 30.7 Å². The van der Waals surface area contributed by atoms with Crippen LogP contribution in [0, 0.1) is 23.2 Å². The number of pyridine rings is 1. The van der Waals surface area contributed by atoms with Gasteiger partial charge in [0.25, 0.3) is 0 Å². The van der Waals surface area contributed by atoms with Crippen LogP contribution in [0.15, 0.2) is 82.6 Å². The summed E-state index contributed by atoms with van der Waals surface area (Å²) in [5, 5.41) is 6.87. The molecule has 1 aromatic heterocycles. The third-order valence-corrected chi connectivity index (χ3v) is 12.6. The molecule has 4 N–H and O–H groups in total. The molecule has 3 unspecified atom stereocenters. The Balaban J connectivity index is 1.66. The molecule has 2 aromatic rings. The minimum atomic E-state index is -3.61. The lowest BCUT2D eigenvalue weighted by Crippen LogP contribution is -2.77. The summed E-state index contributed by atoms with van der Waals surface area (Å²) in [6, 6.07) is 11.4. The Kier molecular flexibility index (Phi) is 7.72. The molecule has 2 heterocycles. The van der Waals surface area contributed by atoms with E-state index in [9.17, 15) is 8.42 Å². The quantitative estimate of drug-likeness (QED) is 0.274. The van der Waals surface area contributed by atoms with Crippen molar-refractivity contribution in [2.45, 2.75) is 101 Å². The van der Waals surface area contributed by atoms with E-state index in [2.05, 4.69) is 72.6 Å². The molecular formula is C35H47N5O3S. The van der Waals surface area contributed by atoms with Crippen molar-refractivity contribution >= 4 is 21.5 Å². The van der Waals surface area contributed by atoms with Crippen molar-refractivity contribution in [3.8, 4) is 0 Å². The number of rotatable bonds is 10. The molecule has 1 aromatic carbocycles. The van der Waals surface area contributed by atoms with Crippen molar-refractivity contribution in [2.24, 2.45) is 33.9 Å². The molecule has 44 heavy (non-hydrogen) atoms. The lowest BCUT2D eigenvalue weighted by molar-refractivity contribution is -0.216. The first-order chi connectivity index (χ1) is 20.9. The first-order valence-electron chi connectivity index (χ1n) is 16.0. The van der Waals surface area contributed by atoms with Crippen LogP contribution in [-0.4, -0.2) is 42.0 Å². The molecule has 2 saturated carbocycles. The van der Waals surface area contributed by atoms with Gasteiger partial charge in [-0.25, -0.2) is 13.4 Å². The number of anilines is 1. The highest BCUT2D eigenvalue weighted by Crippen LogP contribution is 2.70. The first-order valence-corrected chi connectivity index (χ1v) is 17.6. The zero-order valence-electron chi connectivity index (χ0n) is 26.7. The minimum absolute atomic E-state index is 0.0600. The van der Waals surface area contributed by atoms with E-state index in [1.165, 1.54) is 5.57 Å². The molecule has 236 valence electrons. The van der Waals surface area contributed by atoms with Crippen molar-refractivity contribution < 1.29 is 13.2 Å². The fourth-order valence-corrected chi connectivity index (χ4v) is 9.62. The number of hydrogen-bond acceptors (Lipinski definition) is 8. The van der Waals surface area contributed by atoms with Gasteiger partial charge in [0.1, 0.15) is 5.66 Å². The molecule has 4 aliphatic rings. The molecule has 9 heteroatoms. The number of allylic oxidation sites excluding steroid dienone is 1. The van der Waals surface area contributed by atoms with Crippen LogP contribution in [0.2, 0.25) is 0 Å². The van der Waals surface area contributed by atoms with E-state index in [1.54, 1.807) is 32.2 Å². The fourth-order valence-electron chi connectivity index (χ4n) is 8.42. The van der Waals surface area contributed by atoms with Gasteiger partial charge >= 0.3 is 0 Å². The summed E-state index contributed by atoms with van der Waals surface area (Å²) >= 11 is 0. The van der Waals surface area contributed by atoms with Crippen LogP contribution >= 0.6 is 0 Å². The zero-order chi connectivity index (χ0) is 31.5. The second-order valence-corrected chi connectivity index (χ2v) is 16.4. The van der Waals surface area contributed by atoms with E-state index in [-0.39, 0.29) is 34.7 Å². The Morgan fingerprint density at radius 2 is 1.73 bits per heavy atom. The van der Waals surface area contributed by atoms with Gasteiger partial charge in [-0.15, -0.1) is 0 Å². The highest BCUT2D eigenvalue weighted by molar-refractivity contribution is 7.92. The first kappa shape index (κ1) is 30.8. The maximum absolute atomic E-state index is 13.7. The minimum Gasteiger partial charge on any atom is -0.370 e. The maximum Gasteiger partial charge on any atom is 0.195 e. The highest BCUT2D eigenvalue weighted by Gasteiger charge is 2.74. The summed E-state index contributed by atoms with van der Waals surface area (Å²) in [5.41, 5.74) is 7.19. The molecule has 0 bridgehead atoms. The summed E-state index contributed by atoms with van der Waals surface area (Å²) in [7, 11) is -3.61. The predicted octanol–water partition coefficient (Wildman–Crippen LogP) is 6.15. The zero-order valence-corrected chi connectivity index (χ0v) is 27.6. The van der Waals surface area contributed by atoms with Gasteiger partial charge in [0, 0.05) is 24.5 Å². The Morgan fingerprint density at radius 3 is 2.32 bits per heavy atom. The molecule has 0 spiro atoms. The smallest absolute Gasteiger partial charge is 0.195 e. The van der Waals surface area contributed by atoms with Crippen LogP contribution in [-0.2, 0) is 14.6 Å². The average molecular weight is 618 g/mol. The summed E-state index contributed by atoms with van der Waals surface area (Å²) in [4.78, 5) is 9.04. The SMILES string of the molecule is CC1=C[C@H](c2ccncc2)C(OC(C)C)(C2CC2)C(C)(C2(Nc3ccccc3S(=O)(=O)C(C)C)C=CN=C(N)N2)[C@H]1C1CC1. The molecule has 3 aliphatic carbocycles. The molecule has 0 radical (unpaired) electrons. The third kappa shape index (κ3) is 4.78. The Labute approximate surface area is 262 Å². The Hall–Kier alpha value is -3.17. The van der Waals surface area contributed by atoms with Crippen molar-refractivity contribution in [1.29, 1.82) is 0 Å². The molecule has 0 saturated heterocycles. The molecule has 2 fully saturated rings. The fraction of sp³-hybridized carbons (Fsp3) is 0.543. The second kappa shape index (κ2) is 11.0. The number of nitrogens with one attached hydrogen (secondary N) is 2. The van der Waals surface area contributed by atoms with Crippen molar-refractivity contribution in [3.05, 3.63) is 78.3 Å². The molecule has 5 atom stereocenters. The Morgan fingerprint density at radius 1 is 1.05 bits per heavy atom. The lowest BCUT2D eigenvalue weighted by Gasteiger charge is -2.66. The predicted molar refractivity (Wildman–Crippen MR) is 176 cm³/mol. The summed E-state index contributed by atoms with van der Waals surface area (Å²) < 4.78 is 34.9. The number of ether oxygens (including phenoxy) is 1. The monoisotopic (exact) mass is 617 g/mol. The van der Waals surface area contributed by atoms with Crippen LogP contribution in [0.25, 0.3) is 0 Å². The van der Waals surface area contributed by atoms with Gasteiger partial charge in [-0.05, 0) is 114 Å². The normalized spacial score (nSPS) is 32.3. The largest absolute Gasteiger partial charge is 0.370 e. The topological polar surface area (TPSA) is 119 Å². The van der Waals surface area contributed by atoms with Crippen LogP contribution in [0.4, 0.5) is 5.69 Å². The van der Waals surface area contributed by atoms with E-state index in [1.807, 2.05) is 24.5 Å². The molecule has 6 rings (SSSR count). The third-order valence-electron chi connectivity index (χ3n) is 10.4. The van der Waals surface area contributed by atoms with E-state index in [4.69, 9.17) is 10.5 Å². The number of guanidine groups is 1. The molecule has 0 amide bonds. The van der Waals surface area contributed by atoms with Gasteiger partial charge in [0.2, 0.25) is 0 Å². The second-order valence-electron chi connectivity index (χ2n) is 13.9. The number of nitrogens with zero attached hydrogens (tertiary/aromatic N) is 2. The number of hydrogen-bond donors (Lipinski definition) is 3. The van der Waals surface area contributed by atoms with E-state index in [0.717, 1.165) is 31.2 Å². The molecule has 1 aliphatic heterocycles. The lowest BCUT2D eigenvalue weighted by atomic mass is 9.46. The van der Waals surface area contributed by atoms with E-state index >= 15 is 0 Å². The van der Waals surface area contributed by atoms with Gasteiger partial charge in [-0.3, -0.25) is 4.98 Å². The number of para-hydroxylation sites is 1. The average Bonchev–Trinajstić information content (AvgIpc) is 3.90. The van der Waals surface area contributed by atoms with Crippen LogP contribution in [0.1, 0.15) is 78.7 Å². The van der Waals surface area contributed by atoms with Crippen LogP contribution in [0.3, 0.4) is 0 Å². The number of aromatic nitrogens is 1. The van der Waals surface area contributed by atoms with E-state index < -0.39 is 31.8 Å². The number of aliphatic imine (C=N–C) groups is 1. The summed E-state index contributed by atoms with van der Waals surface area (Å²) in [6.45, 7) is 12.3. The van der Waals surface area contributed by atoms with Crippen LogP contribution in [0.5, 0.6) is 0 Å². The van der Waals surface area contributed by atoms with Crippen molar-refractivity contribution in [1.82, 2.24) is 10.3 Å². The standard InChI is InChI=1S/C35H47N5O3S/c1-22(2)43-35(27-13-14-27)28(25-15-18-37-19-16-25)21-24(5)31(26-11-12-26)33(35,6)34(17-20-38-32(36)40-34)39-29-9-7-8-10-30(29)44(41,42)23(3)4/h7-10,15-23,26-28,31,39H,11-14H2,1-6H3,(H3,36,38,40)/t28-,31-,33?,34?,35?/m1/s1. The van der Waals surface area contributed by atoms with Crippen molar-refractivity contribution in [2.75, 3.05) is 5.32 Å². The van der Waals surface area contributed by atoms with Gasteiger partial charge in [0.15, 0.2) is 15.8 Å². The van der Waals surface area contributed by atoms with Gasteiger partial charge < -0.3 is 21.1 Å². The number of benzene rings is 1. The van der Waals surface area contributed by atoms with E-state index in [0.29, 0.717) is 11.6 Å². The molecular weight excluding hydrogens is 570 g/mol. The highest BCUT2D eigenvalue weighted by atomic mass is 32.2.